The maximum absolute atomic E-state index is 6.15. The number of halogens is 1. The molecule has 2 rings (SSSR count). The van der Waals surface area contributed by atoms with Gasteiger partial charge in [0.25, 0.3) is 0 Å². The Morgan fingerprint density at radius 2 is 2.22 bits per heavy atom. The molecule has 1 heterocycles. The van der Waals surface area contributed by atoms with Gasteiger partial charge in [-0.15, -0.1) is 0 Å². The number of rotatable bonds is 4. The predicted molar refractivity (Wildman–Crippen MR) is 71.2 cm³/mol. The third kappa shape index (κ3) is 2.71. The second-order valence-electron chi connectivity index (χ2n) is 4.60. The van der Waals surface area contributed by atoms with Crippen LogP contribution in [0.2, 0.25) is 5.02 Å². The summed E-state index contributed by atoms with van der Waals surface area (Å²) < 4.78 is 5.25. The summed E-state index contributed by atoms with van der Waals surface area (Å²) in [4.78, 5) is 4.35. The summed E-state index contributed by atoms with van der Waals surface area (Å²) in [5.41, 5.74) is 6.39. The van der Waals surface area contributed by atoms with Gasteiger partial charge in [-0.05, 0) is 25.5 Å². The zero-order valence-electron chi connectivity index (χ0n) is 10.5. The fourth-order valence-corrected chi connectivity index (χ4v) is 2.02. The average molecular weight is 266 g/mol. The minimum atomic E-state index is -0.585. The van der Waals surface area contributed by atoms with Crippen molar-refractivity contribution in [1.29, 1.82) is 0 Å². The van der Waals surface area contributed by atoms with Crippen LogP contribution in [0.15, 0.2) is 28.8 Å². The Kier molecular flexibility index (Phi) is 3.68. The Balaban J connectivity index is 2.31. The number of benzene rings is 1. The third-order valence-electron chi connectivity index (χ3n) is 2.77. The predicted octanol–water partition coefficient (Wildman–Crippen LogP) is 3.36. The normalized spacial score (nSPS) is 14.4. The molecule has 1 unspecified atom stereocenters. The van der Waals surface area contributed by atoms with Crippen molar-refractivity contribution >= 4 is 11.6 Å². The molecular weight excluding hydrogens is 250 g/mol. The molecule has 0 saturated heterocycles. The minimum Gasteiger partial charge on any atom is -0.337 e. The third-order valence-corrected chi connectivity index (χ3v) is 3.00. The standard InChI is InChI=1S/C13H16ClN3O/c1-3-7-13(2,15)12-16-11(17-18-12)9-5-4-6-10(14)8-9/h4-6,8H,3,7,15H2,1-2H3. The topological polar surface area (TPSA) is 64.9 Å². The second-order valence-corrected chi connectivity index (χ2v) is 5.04. The van der Waals surface area contributed by atoms with Crippen LogP contribution in [0.5, 0.6) is 0 Å². The summed E-state index contributed by atoms with van der Waals surface area (Å²) in [5.74, 6) is 0.972. The molecular formula is C13H16ClN3O. The highest BCUT2D eigenvalue weighted by Crippen LogP contribution is 2.25. The van der Waals surface area contributed by atoms with Crippen LogP contribution in [0, 0.1) is 0 Å². The Morgan fingerprint density at radius 1 is 1.44 bits per heavy atom. The van der Waals surface area contributed by atoms with Gasteiger partial charge in [0.1, 0.15) is 0 Å². The van der Waals surface area contributed by atoms with Crippen molar-refractivity contribution in [3.63, 3.8) is 0 Å². The molecule has 2 N–H and O–H groups in total. The van der Waals surface area contributed by atoms with Crippen molar-refractivity contribution in [2.24, 2.45) is 5.73 Å². The van der Waals surface area contributed by atoms with Crippen molar-refractivity contribution in [2.45, 2.75) is 32.2 Å². The number of hydrogen-bond acceptors (Lipinski definition) is 4. The van der Waals surface area contributed by atoms with E-state index in [0.717, 1.165) is 18.4 Å². The van der Waals surface area contributed by atoms with Crippen LogP contribution >= 0.6 is 11.6 Å². The van der Waals surface area contributed by atoms with Gasteiger partial charge in [0.15, 0.2) is 0 Å². The molecule has 4 nitrogen and oxygen atoms in total. The monoisotopic (exact) mass is 265 g/mol. The van der Waals surface area contributed by atoms with Crippen LogP contribution in [0.4, 0.5) is 0 Å². The van der Waals surface area contributed by atoms with E-state index in [-0.39, 0.29) is 0 Å². The molecule has 0 aliphatic rings. The van der Waals surface area contributed by atoms with Crippen LogP contribution in [-0.2, 0) is 5.54 Å². The molecule has 0 bridgehead atoms. The zero-order chi connectivity index (χ0) is 13.2. The van der Waals surface area contributed by atoms with Crippen LogP contribution in [0.25, 0.3) is 11.4 Å². The molecule has 5 heteroatoms. The van der Waals surface area contributed by atoms with Crippen molar-refractivity contribution in [1.82, 2.24) is 10.1 Å². The first kappa shape index (κ1) is 13.1. The largest absolute Gasteiger partial charge is 0.337 e. The number of hydrogen-bond donors (Lipinski definition) is 1. The summed E-state index contributed by atoms with van der Waals surface area (Å²) in [6, 6.07) is 7.33. The molecule has 0 radical (unpaired) electrons. The van der Waals surface area contributed by atoms with Gasteiger partial charge in [0.2, 0.25) is 11.7 Å². The lowest BCUT2D eigenvalue weighted by Crippen LogP contribution is -2.33. The molecule has 2 aromatic rings. The molecule has 18 heavy (non-hydrogen) atoms. The van der Waals surface area contributed by atoms with Crippen molar-refractivity contribution in [2.75, 3.05) is 0 Å². The van der Waals surface area contributed by atoms with Gasteiger partial charge in [-0.25, -0.2) is 0 Å². The fraction of sp³-hybridized carbons (Fsp3) is 0.385. The second kappa shape index (κ2) is 5.08. The van der Waals surface area contributed by atoms with Crippen molar-refractivity contribution in [3.8, 4) is 11.4 Å². The molecule has 96 valence electrons. The molecule has 0 aliphatic heterocycles. The highest BCUT2D eigenvalue weighted by atomic mass is 35.5. The summed E-state index contributed by atoms with van der Waals surface area (Å²) >= 11 is 5.93. The van der Waals surface area contributed by atoms with E-state index in [1.165, 1.54) is 0 Å². The van der Waals surface area contributed by atoms with Crippen molar-refractivity contribution < 1.29 is 4.52 Å². The lowest BCUT2D eigenvalue weighted by atomic mass is 9.98. The summed E-state index contributed by atoms with van der Waals surface area (Å²) in [6.45, 7) is 3.96. The first-order valence-electron chi connectivity index (χ1n) is 5.92. The molecule has 0 amide bonds. The molecule has 1 aromatic carbocycles. The maximum atomic E-state index is 6.15. The van der Waals surface area contributed by atoms with E-state index in [0.29, 0.717) is 16.7 Å². The highest BCUT2D eigenvalue weighted by molar-refractivity contribution is 6.30. The van der Waals surface area contributed by atoms with Crippen LogP contribution in [0.3, 0.4) is 0 Å². The zero-order valence-corrected chi connectivity index (χ0v) is 11.2. The number of aromatic nitrogens is 2. The van der Waals surface area contributed by atoms with E-state index in [2.05, 4.69) is 17.1 Å². The summed E-state index contributed by atoms with van der Waals surface area (Å²) in [6.07, 6.45) is 1.76. The maximum Gasteiger partial charge on any atom is 0.246 e. The Bertz CT molecular complexity index is 537. The first-order valence-corrected chi connectivity index (χ1v) is 6.30. The van der Waals surface area contributed by atoms with Crippen LogP contribution in [-0.4, -0.2) is 10.1 Å². The van der Waals surface area contributed by atoms with Gasteiger partial charge in [-0.3, -0.25) is 0 Å². The van der Waals surface area contributed by atoms with E-state index >= 15 is 0 Å². The quantitative estimate of drug-likeness (QED) is 0.921. The van der Waals surface area contributed by atoms with Crippen molar-refractivity contribution in [3.05, 3.63) is 35.2 Å². The molecule has 0 aliphatic carbocycles. The van der Waals surface area contributed by atoms with E-state index in [1.807, 2.05) is 19.1 Å². The van der Waals surface area contributed by atoms with E-state index in [9.17, 15) is 0 Å². The van der Waals surface area contributed by atoms with Gasteiger partial charge in [-0.1, -0.05) is 42.2 Å². The minimum absolute atomic E-state index is 0.458. The van der Waals surface area contributed by atoms with Gasteiger partial charge in [0, 0.05) is 10.6 Å². The van der Waals surface area contributed by atoms with E-state index < -0.39 is 5.54 Å². The first-order chi connectivity index (χ1) is 8.53. The Labute approximate surface area is 111 Å². The SMILES string of the molecule is CCCC(C)(N)c1nc(-c2cccc(Cl)c2)no1. The summed E-state index contributed by atoms with van der Waals surface area (Å²) in [5, 5.41) is 4.59. The smallest absolute Gasteiger partial charge is 0.246 e. The van der Waals surface area contributed by atoms with Gasteiger partial charge in [0.05, 0.1) is 5.54 Å². The Hall–Kier alpha value is -1.39. The van der Waals surface area contributed by atoms with E-state index in [4.69, 9.17) is 21.9 Å². The molecule has 1 aromatic heterocycles. The molecule has 1 atom stereocenters. The van der Waals surface area contributed by atoms with Crippen LogP contribution < -0.4 is 5.73 Å². The fourth-order valence-electron chi connectivity index (χ4n) is 1.83. The van der Waals surface area contributed by atoms with Crippen LogP contribution in [0.1, 0.15) is 32.6 Å². The van der Waals surface area contributed by atoms with Gasteiger partial charge >= 0.3 is 0 Å². The van der Waals surface area contributed by atoms with Gasteiger partial charge in [-0.2, -0.15) is 4.98 Å². The number of nitrogens with two attached hydrogens (primary N) is 1. The highest BCUT2D eigenvalue weighted by Gasteiger charge is 2.27. The lowest BCUT2D eigenvalue weighted by Gasteiger charge is -2.18. The average Bonchev–Trinajstić information content (AvgIpc) is 2.78. The Morgan fingerprint density at radius 3 is 2.89 bits per heavy atom. The van der Waals surface area contributed by atoms with Gasteiger partial charge < -0.3 is 10.3 Å². The molecule has 0 saturated carbocycles. The molecule has 0 spiro atoms. The number of nitrogens with zero attached hydrogens (tertiary/aromatic N) is 2. The molecule has 0 fully saturated rings. The summed E-state index contributed by atoms with van der Waals surface area (Å²) in [7, 11) is 0. The van der Waals surface area contributed by atoms with E-state index in [1.54, 1.807) is 12.1 Å². The lowest BCUT2D eigenvalue weighted by molar-refractivity contribution is 0.284.